The fourth-order valence-electron chi connectivity index (χ4n) is 8.27. The number of carbonyl (C=O) groups excluding carboxylic acids is 2. The van der Waals surface area contributed by atoms with Gasteiger partial charge in [-0.25, -0.2) is 13.8 Å². The van der Waals surface area contributed by atoms with E-state index in [-0.39, 0.29) is 42.2 Å². The molecule has 13 heteroatoms. The van der Waals surface area contributed by atoms with Crippen LogP contribution in [0.2, 0.25) is 0 Å². The molecule has 2 fully saturated rings. The number of hydrogen-bond donors (Lipinski definition) is 1. The van der Waals surface area contributed by atoms with Gasteiger partial charge in [0.2, 0.25) is 11.8 Å². The van der Waals surface area contributed by atoms with Crippen molar-refractivity contribution in [3.63, 3.8) is 0 Å². The van der Waals surface area contributed by atoms with Crippen LogP contribution in [0, 0.1) is 11.6 Å². The Labute approximate surface area is 334 Å². The number of piperidine rings is 1. The maximum Gasteiger partial charge on any atom is 0.246 e. The molecule has 294 valence electrons. The number of benzene rings is 2. The van der Waals surface area contributed by atoms with Crippen molar-refractivity contribution >= 4 is 11.8 Å². The molecule has 0 saturated carbocycles. The molecule has 2 saturated heterocycles. The van der Waals surface area contributed by atoms with Crippen LogP contribution in [-0.4, -0.2) is 75.9 Å². The molecule has 2 aromatic carbocycles. The minimum absolute atomic E-state index is 0.148. The Morgan fingerprint density at radius 3 is 2.09 bits per heavy atom. The second-order valence-electron chi connectivity index (χ2n) is 14.9. The Hall–Kier alpha value is -6.60. The fourth-order valence-corrected chi connectivity index (χ4v) is 8.27. The Morgan fingerprint density at radius 1 is 0.810 bits per heavy atom. The second kappa shape index (κ2) is 15.4. The average Bonchev–Trinajstić information content (AvgIpc) is 3.99. The summed E-state index contributed by atoms with van der Waals surface area (Å²) in [5.74, 6) is -1.28. The van der Waals surface area contributed by atoms with Crippen molar-refractivity contribution in [2.24, 2.45) is 14.1 Å². The van der Waals surface area contributed by atoms with E-state index < -0.39 is 11.6 Å². The molecule has 0 radical (unpaired) electrons. The summed E-state index contributed by atoms with van der Waals surface area (Å²) in [5, 5.41) is 21.9. The molecule has 2 unspecified atom stereocenters. The van der Waals surface area contributed by atoms with Crippen molar-refractivity contribution < 1.29 is 23.5 Å². The average molecular weight is 781 g/mol. The second-order valence-corrected chi connectivity index (χ2v) is 14.9. The Balaban J connectivity index is 1.19. The topological polar surface area (TPSA) is 122 Å². The molecular weight excluding hydrogens is 739 g/mol. The van der Waals surface area contributed by atoms with Gasteiger partial charge in [0.25, 0.3) is 0 Å². The quantitative estimate of drug-likeness (QED) is 0.155. The first-order valence-electron chi connectivity index (χ1n) is 19.1. The number of likely N-dealkylation sites (tertiary alicyclic amines) is 2. The van der Waals surface area contributed by atoms with Gasteiger partial charge in [0.05, 0.1) is 40.1 Å². The summed E-state index contributed by atoms with van der Waals surface area (Å²) in [7, 11) is 3.67. The summed E-state index contributed by atoms with van der Waals surface area (Å²) >= 11 is 0. The zero-order valence-electron chi connectivity index (χ0n) is 32.2. The van der Waals surface area contributed by atoms with Crippen LogP contribution in [0.3, 0.4) is 0 Å². The summed E-state index contributed by atoms with van der Waals surface area (Å²) < 4.78 is 31.2. The molecule has 58 heavy (non-hydrogen) atoms. The van der Waals surface area contributed by atoms with E-state index in [9.17, 15) is 23.5 Å². The third-order valence-electron chi connectivity index (χ3n) is 11.4. The van der Waals surface area contributed by atoms with Crippen LogP contribution in [-0.2, 0) is 29.3 Å². The largest absolute Gasteiger partial charge is 0.385 e. The number of aromatic nitrogens is 6. The first kappa shape index (κ1) is 38.3. The first-order valence-corrected chi connectivity index (χ1v) is 19.1. The number of rotatable bonds is 9. The molecule has 0 aliphatic carbocycles. The number of hydrogen-bond acceptors (Lipinski definition) is 7. The van der Waals surface area contributed by atoms with Crippen molar-refractivity contribution in [3.8, 4) is 45.2 Å². The highest BCUT2D eigenvalue weighted by molar-refractivity contribution is 5.88. The summed E-state index contributed by atoms with van der Waals surface area (Å²) in [6, 6.07) is 21.4. The first-order chi connectivity index (χ1) is 27.9. The van der Waals surface area contributed by atoms with Crippen LogP contribution >= 0.6 is 0 Å². The fraction of sp³-hybridized carbons (Fsp3) is 0.244. The zero-order valence-corrected chi connectivity index (χ0v) is 32.2. The van der Waals surface area contributed by atoms with Gasteiger partial charge >= 0.3 is 0 Å². The zero-order chi connectivity index (χ0) is 40.7. The van der Waals surface area contributed by atoms with Crippen LogP contribution in [0.5, 0.6) is 0 Å². The van der Waals surface area contributed by atoms with Gasteiger partial charge in [-0.3, -0.25) is 23.9 Å². The Kier molecular flexibility index (Phi) is 10.2. The van der Waals surface area contributed by atoms with E-state index in [4.69, 9.17) is 15.1 Å². The highest BCUT2D eigenvalue weighted by atomic mass is 19.1. The van der Waals surface area contributed by atoms with Gasteiger partial charge in [0, 0.05) is 74.3 Å². The lowest BCUT2D eigenvalue weighted by Crippen LogP contribution is -2.44. The van der Waals surface area contributed by atoms with Gasteiger partial charge in [-0.2, -0.15) is 10.2 Å². The maximum atomic E-state index is 13.9. The number of amides is 2. The lowest BCUT2D eigenvalue weighted by molar-refractivity contribution is -0.130. The smallest absolute Gasteiger partial charge is 0.246 e. The Morgan fingerprint density at radius 2 is 1.47 bits per heavy atom. The molecule has 2 atom stereocenters. The SMILES string of the molecule is C=CC(=O)N1CCC(O)(c2cnc(-c3ccc(F)cc3)cc2-c2cc(C3CC(c4ccc(-c5ccc(F)cc5)nc4-c4ccn(C)n4)CN3C(=O)C=C)n(C)n2)CC1. The van der Waals surface area contributed by atoms with Crippen molar-refractivity contribution in [3.05, 3.63) is 145 Å². The van der Waals surface area contributed by atoms with Crippen LogP contribution in [0.1, 0.15) is 48.0 Å². The summed E-state index contributed by atoms with van der Waals surface area (Å²) in [6.45, 7) is 8.45. The number of halogens is 2. The number of nitrogens with zero attached hydrogens (tertiary/aromatic N) is 8. The molecule has 2 aliphatic rings. The third-order valence-corrected chi connectivity index (χ3v) is 11.4. The monoisotopic (exact) mass is 780 g/mol. The molecule has 1 N–H and O–H groups in total. The van der Waals surface area contributed by atoms with Gasteiger partial charge < -0.3 is 14.9 Å². The van der Waals surface area contributed by atoms with Gasteiger partial charge in [0.1, 0.15) is 17.3 Å². The molecule has 2 amide bonds. The number of aliphatic hydroxyl groups is 1. The van der Waals surface area contributed by atoms with E-state index in [1.54, 1.807) is 49.6 Å². The van der Waals surface area contributed by atoms with Crippen molar-refractivity contribution in [2.45, 2.75) is 36.8 Å². The van der Waals surface area contributed by atoms with E-state index in [0.717, 1.165) is 16.8 Å². The molecule has 0 bridgehead atoms. The van der Waals surface area contributed by atoms with Crippen LogP contribution in [0.4, 0.5) is 8.78 Å². The van der Waals surface area contributed by atoms with E-state index >= 15 is 0 Å². The number of pyridine rings is 2. The van der Waals surface area contributed by atoms with Gasteiger partial charge in [-0.1, -0.05) is 19.2 Å². The standard InChI is InChI=1S/C45H42F2N8O3/c1-5-42(56)54-21-18-45(58,19-22-54)35-26-48-38(29-9-13-32(47)14-10-29)24-34(35)39-25-40(53(4)51-39)41-23-30(27-55(41)43(57)6-2)33-15-16-36(28-7-11-31(46)12-8-28)49-44(33)37-17-20-52(3)50-37/h5-17,20,24-26,30,41,58H,1-2,18-19,21-23,27H2,3-4H3. The van der Waals surface area contributed by atoms with E-state index in [1.165, 1.54) is 36.4 Å². The normalized spacial score (nSPS) is 17.7. The van der Waals surface area contributed by atoms with Crippen LogP contribution in [0.25, 0.3) is 45.2 Å². The van der Waals surface area contributed by atoms with E-state index in [1.807, 2.05) is 50.6 Å². The lowest BCUT2D eigenvalue weighted by Gasteiger charge is -2.38. The van der Waals surface area contributed by atoms with Gasteiger partial charge in [0.15, 0.2) is 0 Å². The van der Waals surface area contributed by atoms with E-state index in [0.29, 0.717) is 71.2 Å². The highest BCUT2D eigenvalue weighted by Crippen LogP contribution is 2.45. The molecule has 2 aliphatic heterocycles. The summed E-state index contributed by atoms with van der Waals surface area (Å²) in [6.07, 6.45) is 7.17. The summed E-state index contributed by atoms with van der Waals surface area (Å²) in [4.78, 5) is 39.2. The van der Waals surface area contributed by atoms with E-state index in [2.05, 4.69) is 18.3 Å². The number of aryl methyl sites for hydroxylation is 2. The predicted octanol–water partition coefficient (Wildman–Crippen LogP) is 7.13. The summed E-state index contributed by atoms with van der Waals surface area (Å²) in [5.41, 5.74) is 6.16. The molecule has 0 spiro atoms. The minimum atomic E-state index is -1.32. The predicted molar refractivity (Wildman–Crippen MR) is 216 cm³/mol. The van der Waals surface area contributed by atoms with Crippen molar-refractivity contribution in [1.82, 2.24) is 39.3 Å². The van der Waals surface area contributed by atoms with Crippen molar-refractivity contribution in [2.75, 3.05) is 19.6 Å². The van der Waals surface area contributed by atoms with Gasteiger partial charge in [-0.05, 0) is 110 Å². The lowest BCUT2D eigenvalue weighted by atomic mass is 9.81. The molecule has 6 aromatic rings. The van der Waals surface area contributed by atoms with Crippen LogP contribution < -0.4 is 0 Å². The third kappa shape index (κ3) is 7.24. The molecule has 4 aromatic heterocycles. The van der Waals surface area contributed by atoms with Crippen LogP contribution in [0.15, 0.2) is 117 Å². The Bertz CT molecular complexity index is 2540. The molecular formula is C45H42F2N8O3. The molecule has 6 heterocycles. The van der Waals surface area contributed by atoms with Gasteiger partial charge in [-0.15, -0.1) is 0 Å². The van der Waals surface area contributed by atoms with Crippen molar-refractivity contribution in [1.29, 1.82) is 0 Å². The molecule has 11 nitrogen and oxygen atoms in total. The number of carbonyl (C=O) groups is 2. The highest BCUT2D eigenvalue weighted by Gasteiger charge is 2.41. The maximum absolute atomic E-state index is 13.9. The minimum Gasteiger partial charge on any atom is -0.385 e. The molecule has 8 rings (SSSR count).